The minimum absolute atomic E-state index is 0.102. The second kappa shape index (κ2) is 7.79. The van der Waals surface area contributed by atoms with Crippen molar-refractivity contribution in [3.8, 4) is 11.4 Å². The molecular weight excluding hydrogens is 368 g/mol. The molecule has 146 valence electrons. The van der Waals surface area contributed by atoms with E-state index in [1.807, 2.05) is 38.1 Å². The monoisotopic (exact) mass is 388 g/mol. The molecule has 0 aliphatic heterocycles. The van der Waals surface area contributed by atoms with E-state index in [9.17, 15) is 4.79 Å². The van der Waals surface area contributed by atoms with E-state index in [1.54, 1.807) is 18.2 Å². The van der Waals surface area contributed by atoms with Crippen LogP contribution >= 0.6 is 0 Å². The first kappa shape index (κ1) is 18.7. The summed E-state index contributed by atoms with van der Waals surface area (Å²) in [5, 5.41) is 3.96. The number of benzene rings is 2. The Labute approximate surface area is 167 Å². The van der Waals surface area contributed by atoms with Crippen LogP contribution in [0.3, 0.4) is 0 Å². The third kappa shape index (κ3) is 3.99. The second-order valence-corrected chi connectivity index (χ2v) is 6.74. The van der Waals surface area contributed by atoms with Crippen LogP contribution in [0.1, 0.15) is 40.1 Å². The van der Waals surface area contributed by atoms with E-state index in [0.29, 0.717) is 16.9 Å². The first-order valence-corrected chi connectivity index (χ1v) is 9.37. The number of hydrogen-bond acceptors (Lipinski definition) is 7. The van der Waals surface area contributed by atoms with E-state index in [0.717, 1.165) is 28.9 Å². The lowest BCUT2D eigenvalue weighted by atomic mass is 10.1. The summed E-state index contributed by atoms with van der Waals surface area (Å²) in [6.07, 6.45) is 0.966. The SMILES string of the molecule is CCc1ccc(-c2noc(COC(=O)c3ccc4nc(C)c(C)nc4c3)n2)cc1. The first-order valence-electron chi connectivity index (χ1n) is 9.37. The molecule has 2 aromatic heterocycles. The molecule has 7 nitrogen and oxygen atoms in total. The van der Waals surface area contributed by atoms with Crippen LogP contribution in [-0.4, -0.2) is 26.1 Å². The van der Waals surface area contributed by atoms with Crippen LogP contribution in [0.5, 0.6) is 0 Å². The number of carbonyl (C=O) groups is 1. The number of fused-ring (bicyclic) bond motifs is 1. The van der Waals surface area contributed by atoms with Crippen LogP contribution in [0, 0.1) is 13.8 Å². The lowest BCUT2D eigenvalue weighted by molar-refractivity contribution is 0.0430. The highest BCUT2D eigenvalue weighted by Gasteiger charge is 2.14. The van der Waals surface area contributed by atoms with E-state index in [-0.39, 0.29) is 12.5 Å². The van der Waals surface area contributed by atoms with Gasteiger partial charge in [0.25, 0.3) is 5.89 Å². The third-order valence-electron chi connectivity index (χ3n) is 4.73. The predicted octanol–water partition coefficient (Wildman–Crippen LogP) is 4.22. The summed E-state index contributed by atoms with van der Waals surface area (Å²) in [4.78, 5) is 25.6. The van der Waals surface area contributed by atoms with E-state index < -0.39 is 5.97 Å². The number of carbonyl (C=O) groups excluding carboxylic acids is 1. The van der Waals surface area contributed by atoms with Crippen molar-refractivity contribution in [2.45, 2.75) is 33.8 Å². The van der Waals surface area contributed by atoms with E-state index in [4.69, 9.17) is 9.26 Å². The summed E-state index contributed by atoms with van der Waals surface area (Å²) in [5.41, 5.74) is 5.56. The van der Waals surface area contributed by atoms with Gasteiger partial charge in [-0.1, -0.05) is 36.3 Å². The number of aryl methyl sites for hydroxylation is 3. The molecule has 2 heterocycles. The molecule has 7 heteroatoms. The maximum Gasteiger partial charge on any atom is 0.338 e. The topological polar surface area (TPSA) is 91.0 Å². The Hall–Kier alpha value is -3.61. The van der Waals surface area contributed by atoms with E-state index in [2.05, 4.69) is 27.0 Å². The van der Waals surface area contributed by atoms with Crippen LogP contribution in [0.2, 0.25) is 0 Å². The number of ether oxygens (including phenoxy) is 1. The molecule has 0 amide bonds. The van der Waals surface area contributed by atoms with Gasteiger partial charge in [0.15, 0.2) is 6.61 Å². The normalized spacial score (nSPS) is 11.0. The average Bonchev–Trinajstić information content (AvgIpc) is 3.21. The number of hydrogen-bond donors (Lipinski definition) is 0. The summed E-state index contributed by atoms with van der Waals surface area (Å²) in [5.74, 6) is 0.212. The minimum atomic E-state index is -0.487. The highest BCUT2D eigenvalue weighted by molar-refractivity contribution is 5.93. The maximum atomic E-state index is 12.4. The van der Waals surface area contributed by atoms with Gasteiger partial charge in [0.2, 0.25) is 5.82 Å². The molecule has 0 bridgehead atoms. The average molecular weight is 388 g/mol. The molecular formula is C22H20N4O3. The first-order chi connectivity index (χ1) is 14.0. The molecule has 0 spiro atoms. The fourth-order valence-electron chi connectivity index (χ4n) is 2.89. The third-order valence-corrected chi connectivity index (χ3v) is 4.73. The largest absolute Gasteiger partial charge is 0.452 e. The molecule has 0 aliphatic rings. The summed E-state index contributed by atoms with van der Waals surface area (Å²) < 4.78 is 10.5. The van der Waals surface area contributed by atoms with Crippen LogP contribution in [0.15, 0.2) is 47.0 Å². The Balaban J connectivity index is 1.45. The highest BCUT2D eigenvalue weighted by Crippen LogP contribution is 2.18. The fourth-order valence-corrected chi connectivity index (χ4v) is 2.89. The summed E-state index contributed by atoms with van der Waals surface area (Å²) in [7, 11) is 0. The molecule has 0 unspecified atom stereocenters. The van der Waals surface area contributed by atoms with Gasteiger partial charge in [-0.15, -0.1) is 0 Å². The Bertz CT molecular complexity index is 1180. The molecule has 4 rings (SSSR count). The van der Waals surface area contributed by atoms with Crippen molar-refractivity contribution < 1.29 is 14.1 Å². The van der Waals surface area contributed by atoms with Gasteiger partial charge in [-0.2, -0.15) is 4.98 Å². The zero-order valence-corrected chi connectivity index (χ0v) is 16.5. The van der Waals surface area contributed by atoms with E-state index in [1.165, 1.54) is 5.56 Å². The van der Waals surface area contributed by atoms with Crippen LogP contribution in [0.25, 0.3) is 22.4 Å². The van der Waals surface area contributed by atoms with Crippen molar-refractivity contribution in [3.63, 3.8) is 0 Å². The van der Waals surface area contributed by atoms with Gasteiger partial charge in [0.05, 0.1) is 28.0 Å². The van der Waals surface area contributed by atoms with Crippen LogP contribution in [0.4, 0.5) is 0 Å². The van der Waals surface area contributed by atoms with Crippen molar-refractivity contribution in [1.82, 2.24) is 20.1 Å². The molecule has 0 fully saturated rings. The highest BCUT2D eigenvalue weighted by atomic mass is 16.6. The Morgan fingerprint density at radius 2 is 1.69 bits per heavy atom. The lowest BCUT2D eigenvalue weighted by Gasteiger charge is -2.05. The van der Waals surface area contributed by atoms with Gasteiger partial charge >= 0.3 is 5.97 Å². The number of rotatable bonds is 5. The number of aromatic nitrogens is 4. The zero-order valence-electron chi connectivity index (χ0n) is 16.5. The Morgan fingerprint density at radius 1 is 0.966 bits per heavy atom. The van der Waals surface area contributed by atoms with Crippen molar-refractivity contribution in [1.29, 1.82) is 0 Å². The maximum absolute atomic E-state index is 12.4. The minimum Gasteiger partial charge on any atom is -0.452 e. The van der Waals surface area contributed by atoms with Gasteiger partial charge in [-0.05, 0) is 44.0 Å². The smallest absolute Gasteiger partial charge is 0.338 e. The fraction of sp³-hybridized carbons (Fsp3) is 0.227. The molecule has 0 radical (unpaired) electrons. The van der Waals surface area contributed by atoms with Gasteiger partial charge in [0, 0.05) is 5.56 Å². The molecule has 2 aromatic carbocycles. The zero-order chi connectivity index (χ0) is 20.4. The molecule has 0 saturated heterocycles. The quantitative estimate of drug-likeness (QED) is 0.473. The molecule has 0 saturated carbocycles. The van der Waals surface area contributed by atoms with Crippen molar-refractivity contribution >= 4 is 17.0 Å². The summed E-state index contributed by atoms with van der Waals surface area (Å²) in [6.45, 7) is 5.78. The van der Waals surface area contributed by atoms with Gasteiger partial charge < -0.3 is 9.26 Å². The molecule has 0 N–H and O–H groups in total. The van der Waals surface area contributed by atoms with E-state index >= 15 is 0 Å². The number of nitrogens with zero attached hydrogens (tertiary/aromatic N) is 4. The second-order valence-electron chi connectivity index (χ2n) is 6.74. The van der Waals surface area contributed by atoms with Gasteiger partial charge in [-0.25, -0.2) is 14.8 Å². The molecule has 0 atom stereocenters. The summed E-state index contributed by atoms with van der Waals surface area (Å²) >= 11 is 0. The van der Waals surface area contributed by atoms with Crippen LogP contribution < -0.4 is 0 Å². The molecule has 29 heavy (non-hydrogen) atoms. The Kier molecular flexibility index (Phi) is 5.03. The standard InChI is InChI=1S/C22H20N4O3/c1-4-15-5-7-16(8-6-15)21-25-20(29-26-21)12-28-22(27)17-9-10-18-19(11-17)24-14(3)13(2)23-18/h5-11H,4,12H2,1-3H3. The Morgan fingerprint density at radius 3 is 2.41 bits per heavy atom. The predicted molar refractivity (Wildman–Crippen MR) is 107 cm³/mol. The molecule has 0 aliphatic carbocycles. The summed E-state index contributed by atoms with van der Waals surface area (Å²) in [6, 6.07) is 13.0. The van der Waals surface area contributed by atoms with Gasteiger partial charge in [0.1, 0.15) is 0 Å². The van der Waals surface area contributed by atoms with Crippen molar-refractivity contribution in [3.05, 3.63) is 70.9 Å². The van der Waals surface area contributed by atoms with Crippen molar-refractivity contribution in [2.24, 2.45) is 0 Å². The molecule has 4 aromatic rings. The van der Waals surface area contributed by atoms with Crippen LogP contribution in [-0.2, 0) is 17.8 Å². The lowest BCUT2D eigenvalue weighted by Crippen LogP contribution is -2.06. The van der Waals surface area contributed by atoms with Crippen molar-refractivity contribution in [2.75, 3.05) is 0 Å². The number of esters is 1. The van der Waals surface area contributed by atoms with Gasteiger partial charge in [-0.3, -0.25) is 0 Å².